The first-order chi connectivity index (χ1) is 10.1. The number of piperazine rings is 1. The summed E-state index contributed by atoms with van der Waals surface area (Å²) in [5.41, 5.74) is 1.09. The smallest absolute Gasteiger partial charge is 0.270 e. The van der Waals surface area contributed by atoms with E-state index in [0.717, 1.165) is 32.2 Å². The Kier molecular flexibility index (Phi) is 4.10. The summed E-state index contributed by atoms with van der Waals surface area (Å²) in [6, 6.07) is 2.39. The van der Waals surface area contributed by atoms with Crippen LogP contribution in [0.15, 0.2) is 12.3 Å². The third-order valence-corrected chi connectivity index (χ3v) is 4.76. The van der Waals surface area contributed by atoms with Crippen LogP contribution in [0, 0.1) is 0 Å². The zero-order chi connectivity index (χ0) is 14.8. The number of Topliss-reactive ketones (excluding diaryl/α,β-unsaturated/α-hetero) is 1. The standard InChI is InChI=1S/C16H23N3O2/c1-12(20)13-10-15(17-11-13)16(21)19-8-6-18(7-9-19)14-4-2-3-5-14/h10-11,14,17H,2-9H2,1H3. The van der Waals surface area contributed by atoms with Crippen molar-refractivity contribution in [1.29, 1.82) is 0 Å². The summed E-state index contributed by atoms with van der Waals surface area (Å²) in [7, 11) is 0. The maximum absolute atomic E-state index is 12.4. The first-order valence-corrected chi connectivity index (χ1v) is 7.88. The average Bonchev–Trinajstić information content (AvgIpc) is 3.18. The van der Waals surface area contributed by atoms with Crippen molar-refractivity contribution in [3.8, 4) is 0 Å². The fourth-order valence-electron chi connectivity index (χ4n) is 3.45. The Bertz CT molecular complexity index is 523. The molecule has 2 aliphatic rings. The predicted octanol–water partition coefficient (Wildman–Crippen LogP) is 1.92. The molecular formula is C16H23N3O2. The molecule has 2 heterocycles. The van der Waals surface area contributed by atoms with Crippen molar-refractivity contribution in [2.45, 2.75) is 38.6 Å². The highest BCUT2D eigenvalue weighted by Crippen LogP contribution is 2.24. The van der Waals surface area contributed by atoms with E-state index in [1.54, 1.807) is 12.3 Å². The number of nitrogens with zero attached hydrogens (tertiary/aromatic N) is 2. The Morgan fingerprint density at radius 1 is 1.14 bits per heavy atom. The number of nitrogens with one attached hydrogen (secondary N) is 1. The number of hydrogen-bond donors (Lipinski definition) is 1. The minimum Gasteiger partial charge on any atom is -0.356 e. The van der Waals surface area contributed by atoms with Crippen LogP contribution in [0.1, 0.15) is 53.5 Å². The van der Waals surface area contributed by atoms with Crippen molar-refractivity contribution < 1.29 is 9.59 Å². The number of aromatic nitrogens is 1. The van der Waals surface area contributed by atoms with E-state index in [4.69, 9.17) is 0 Å². The van der Waals surface area contributed by atoms with Gasteiger partial charge in [0, 0.05) is 44.0 Å². The predicted molar refractivity (Wildman–Crippen MR) is 80.5 cm³/mol. The topological polar surface area (TPSA) is 56.4 Å². The van der Waals surface area contributed by atoms with E-state index in [1.807, 2.05) is 4.90 Å². The summed E-state index contributed by atoms with van der Waals surface area (Å²) in [6.07, 6.45) is 6.93. The fourth-order valence-corrected chi connectivity index (χ4v) is 3.45. The van der Waals surface area contributed by atoms with Crippen LogP contribution in [0.3, 0.4) is 0 Å². The molecule has 1 aromatic heterocycles. The van der Waals surface area contributed by atoms with E-state index in [2.05, 4.69) is 9.88 Å². The lowest BCUT2D eigenvalue weighted by atomic mass is 10.1. The highest BCUT2D eigenvalue weighted by Gasteiger charge is 2.28. The third kappa shape index (κ3) is 3.02. The molecule has 3 rings (SSSR count). The molecule has 1 saturated heterocycles. The Balaban J connectivity index is 1.58. The molecule has 0 unspecified atom stereocenters. The van der Waals surface area contributed by atoms with Crippen molar-refractivity contribution >= 4 is 11.7 Å². The molecular weight excluding hydrogens is 266 g/mol. The van der Waals surface area contributed by atoms with Crippen LogP contribution in [0.25, 0.3) is 0 Å². The minimum absolute atomic E-state index is 0.00794. The van der Waals surface area contributed by atoms with Gasteiger partial charge in [-0.25, -0.2) is 0 Å². The summed E-state index contributed by atoms with van der Waals surface area (Å²) >= 11 is 0. The summed E-state index contributed by atoms with van der Waals surface area (Å²) in [5.74, 6) is -0.00933. The van der Waals surface area contributed by atoms with E-state index in [-0.39, 0.29) is 11.7 Å². The number of hydrogen-bond acceptors (Lipinski definition) is 3. The number of carbonyl (C=O) groups excluding carboxylic acids is 2. The molecule has 1 aliphatic heterocycles. The molecule has 2 fully saturated rings. The lowest BCUT2D eigenvalue weighted by Crippen LogP contribution is -2.51. The first-order valence-electron chi connectivity index (χ1n) is 7.88. The summed E-state index contributed by atoms with van der Waals surface area (Å²) in [4.78, 5) is 31.1. The monoisotopic (exact) mass is 289 g/mol. The van der Waals surface area contributed by atoms with Gasteiger partial charge >= 0.3 is 0 Å². The largest absolute Gasteiger partial charge is 0.356 e. The summed E-state index contributed by atoms with van der Waals surface area (Å²) < 4.78 is 0. The maximum Gasteiger partial charge on any atom is 0.270 e. The Morgan fingerprint density at radius 2 is 1.81 bits per heavy atom. The van der Waals surface area contributed by atoms with E-state index in [0.29, 0.717) is 11.3 Å². The number of aromatic amines is 1. The van der Waals surface area contributed by atoms with Crippen LogP contribution < -0.4 is 0 Å². The van der Waals surface area contributed by atoms with E-state index in [9.17, 15) is 9.59 Å². The molecule has 0 bridgehead atoms. The van der Waals surface area contributed by atoms with Crippen molar-refractivity contribution in [1.82, 2.24) is 14.8 Å². The van der Waals surface area contributed by atoms with Gasteiger partial charge in [-0.1, -0.05) is 12.8 Å². The highest BCUT2D eigenvalue weighted by atomic mass is 16.2. The van der Waals surface area contributed by atoms with Gasteiger partial charge in [-0.15, -0.1) is 0 Å². The van der Waals surface area contributed by atoms with Crippen LogP contribution >= 0.6 is 0 Å². The molecule has 0 radical (unpaired) electrons. The molecule has 1 aliphatic carbocycles. The van der Waals surface area contributed by atoms with Gasteiger partial charge in [0.25, 0.3) is 5.91 Å². The maximum atomic E-state index is 12.4. The van der Waals surface area contributed by atoms with Crippen molar-refractivity contribution in [2.75, 3.05) is 26.2 Å². The van der Waals surface area contributed by atoms with Gasteiger partial charge in [-0.2, -0.15) is 0 Å². The molecule has 5 nitrogen and oxygen atoms in total. The lowest BCUT2D eigenvalue weighted by Gasteiger charge is -2.37. The second kappa shape index (κ2) is 6.02. The molecule has 1 aromatic rings. The summed E-state index contributed by atoms with van der Waals surface area (Å²) in [6.45, 7) is 5.01. The van der Waals surface area contributed by atoms with Crippen molar-refractivity contribution in [3.05, 3.63) is 23.5 Å². The summed E-state index contributed by atoms with van der Waals surface area (Å²) in [5, 5.41) is 0. The molecule has 1 amide bonds. The number of carbonyl (C=O) groups is 2. The molecule has 0 spiro atoms. The van der Waals surface area contributed by atoms with Crippen molar-refractivity contribution in [2.24, 2.45) is 0 Å². The van der Waals surface area contributed by atoms with Gasteiger partial charge in [-0.05, 0) is 25.8 Å². The van der Waals surface area contributed by atoms with Gasteiger partial charge in [-0.3, -0.25) is 14.5 Å². The van der Waals surface area contributed by atoms with Crippen LogP contribution in [0.4, 0.5) is 0 Å². The molecule has 1 N–H and O–H groups in total. The highest BCUT2D eigenvalue weighted by molar-refractivity contribution is 5.99. The van der Waals surface area contributed by atoms with Crippen LogP contribution in [0.2, 0.25) is 0 Å². The quantitative estimate of drug-likeness (QED) is 0.865. The zero-order valence-corrected chi connectivity index (χ0v) is 12.6. The van der Waals surface area contributed by atoms with Crippen LogP contribution in [-0.4, -0.2) is 58.7 Å². The van der Waals surface area contributed by atoms with Gasteiger partial charge < -0.3 is 9.88 Å². The van der Waals surface area contributed by atoms with E-state index >= 15 is 0 Å². The Labute approximate surface area is 125 Å². The fraction of sp³-hybridized carbons (Fsp3) is 0.625. The van der Waals surface area contributed by atoms with Crippen molar-refractivity contribution in [3.63, 3.8) is 0 Å². The van der Waals surface area contributed by atoms with Gasteiger partial charge in [0.15, 0.2) is 5.78 Å². The molecule has 21 heavy (non-hydrogen) atoms. The van der Waals surface area contributed by atoms with E-state index in [1.165, 1.54) is 32.6 Å². The normalized spacial score (nSPS) is 20.9. The second-order valence-corrected chi connectivity index (χ2v) is 6.12. The van der Waals surface area contributed by atoms with Gasteiger partial charge in [0.05, 0.1) is 0 Å². The molecule has 0 aromatic carbocycles. The van der Waals surface area contributed by atoms with E-state index < -0.39 is 0 Å². The molecule has 5 heteroatoms. The van der Waals surface area contributed by atoms with Gasteiger partial charge in [0.2, 0.25) is 0 Å². The van der Waals surface area contributed by atoms with Crippen LogP contribution in [0.5, 0.6) is 0 Å². The van der Waals surface area contributed by atoms with Gasteiger partial charge in [0.1, 0.15) is 5.69 Å². The molecule has 0 atom stereocenters. The lowest BCUT2D eigenvalue weighted by molar-refractivity contribution is 0.0568. The average molecular weight is 289 g/mol. The Hall–Kier alpha value is -1.62. The zero-order valence-electron chi connectivity index (χ0n) is 12.6. The molecule has 1 saturated carbocycles. The molecule has 114 valence electrons. The van der Waals surface area contributed by atoms with Crippen LogP contribution in [-0.2, 0) is 0 Å². The second-order valence-electron chi connectivity index (χ2n) is 6.12. The SMILES string of the molecule is CC(=O)c1c[nH]c(C(=O)N2CCN(C3CCCC3)CC2)c1. The number of rotatable bonds is 3. The Morgan fingerprint density at radius 3 is 2.38 bits per heavy atom. The number of amides is 1. The third-order valence-electron chi connectivity index (χ3n) is 4.76. The first kappa shape index (κ1) is 14.3. The number of H-pyrrole nitrogens is 1. The minimum atomic E-state index is -0.0173. The number of ketones is 1.